The van der Waals surface area contributed by atoms with Crippen LogP contribution in [0.1, 0.15) is 35.7 Å². The minimum absolute atomic E-state index is 0.0460. The molecule has 24 heavy (non-hydrogen) atoms. The maximum absolute atomic E-state index is 12.5. The Kier molecular flexibility index (Phi) is 5.74. The maximum atomic E-state index is 12.5. The number of alkyl halides is 4. The molecule has 1 heterocycles. The number of hydrogen-bond acceptors (Lipinski definition) is 2. The fourth-order valence-corrected chi connectivity index (χ4v) is 2.59. The summed E-state index contributed by atoms with van der Waals surface area (Å²) in [6.07, 6.45) is -3.25. The molecule has 1 aromatic carbocycles. The van der Waals surface area contributed by atoms with Crippen LogP contribution in [0.2, 0.25) is 0 Å². The molecule has 1 saturated heterocycles. The van der Waals surface area contributed by atoms with Crippen LogP contribution in [0.5, 0.6) is 0 Å². The standard InChI is InChI=1S/C16H18ClF3N2O2/c1-10(17)14(23)21-13-6-8-22(9-7-13)15(24)11-2-4-12(5-3-11)16(18,19)20/h2-5,10,13H,6-9H2,1H3,(H,21,23). The van der Waals surface area contributed by atoms with E-state index in [0.717, 1.165) is 12.1 Å². The third kappa shape index (κ3) is 4.63. The van der Waals surface area contributed by atoms with E-state index in [1.807, 2.05) is 0 Å². The maximum Gasteiger partial charge on any atom is 0.416 e. The first kappa shape index (κ1) is 18.6. The highest BCUT2D eigenvalue weighted by Crippen LogP contribution is 2.29. The van der Waals surface area contributed by atoms with Crippen LogP contribution in [0.3, 0.4) is 0 Å². The number of piperidine rings is 1. The van der Waals surface area contributed by atoms with Gasteiger partial charge in [0, 0.05) is 24.7 Å². The average Bonchev–Trinajstić information content (AvgIpc) is 2.54. The van der Waals surface area contributed by atoms with Gasteiger partial charge in [0.15, 0.2) is 0 Å². The van der Waals surface area contributed by atoms with Crippen LogP contribution in [0, 0.1) is 0 Å². The van der Waals surface area contributed by atoms with Crippen molar-refractivity contribution in [2.75, 3.05) is 13.1 Å². The lowest BCUT2D eigenvalue weighted by molar-refractivity contribution is -0.137. The van der Waals surface area contributed by atoms with E-state index in [-0.39, 0.29) is 23.4 Å². The third-order valence-corrected chi connectivity index (χ3v) is 4.15. The SMILES string of the molecule is CC(Cl)C(=O)NC1CCN(C(=O)c2ccc(C(F)(F)F)cc2)CC1. The zero-order chi connectivity index (χ0) is 17.9. The summed E-state index contributed by atoms with van der Waals surface area (Å²) < 4.78 is 37.6. The molecular formula is C16H18ClF3N2O2. The number of amides is 2. The number of halogens is 4. The summed E-state index contributed by atoms with van der Waals surface area (Å²) in [5, 5.41) is 2.19. The lowest BCUT2D eigenvalue weighted by Crippen LogP contribution is -2.47. The number of carbonyl (C=O) groups excluding carboxylic acids is 2. The second-order valence-electron chi connectivity index (χ2n) is 5.77. The van der Waals surface area contributed by atoms with Crippen molar-refractivity contribution in [2.24, 2.45) is 0 Å². The van der Waals surface area contributed by atoms with Crippen LogP contribution >= 0.6 is 11.6 Å². The zero-order valence-corrected chi connectivity index (χ0v) is 13.8. The quantitative estimate of drug-likeness (QED) is 0.840. The highest BCUT2D eigenvalue weighted by atomic mass is 35.5. The topological polar surface area (TPSA) is 49.4 Å². The Balaban J connectivity index is 1.92. The molecule has 1 unspecified atom stereocenters. The summed E-state index contributed by atoms with van der Waals surface area (Å²) in [6, 6.07) is 4.14. The van der Waals surface area contributed by atoms with Crippen molar-refractivity contribution in [1.29, 1.82) is 0 Å². The van der Waals surface area contributed by atoms with Gasteiger partial charge in [0.2, 0.25) is 5.91 Å². The van der Waals surface area contributed by atoms with Crippen LogP contribution in [-0.4, -0.2) is 41.2 Å². The molecule has 0 saturated carbocycles. The van der Waals surface area contributed by atoms with E-state index < -0.39 is 17.1 Å². The first-order valence-corrected chi connectivity index (χ1v) is 8.03. The van der Waals surface area contributed by atoms with E-state index in [1.165, 1.54) is 12.1 Å². The number of benzene rings is 1. The Morgan fingerprint density at radius 2 is 1.75 bits per heavy atom. The Morgan fingerprint density at radius 3 is 2.21 bits per heavy atom. The predicted molar refractivity (Wildman–Crippen MR) is 83.8 cm³/mol. The summed E-state index contributed by atoms with van der Waals surface area (Å²) >= 11 is 5.69. The van der Waals surface area contributed by atoms with Crippen LogP contribution in [0.25, 0.3) is 0 Å². The molecule has 2 rings (SSSR count). The number of nitrogens with zero attached hydrogens (tertiary/aromatic N) is 1. The van der Waals surface area contributed by atoms with Crippen LogP contribution in [0.15, 0.2) is 24.3 Å². The lowest BCUT2D eigenvalue weighted by atomic mass is 10.0. The van der Waals surface area contributed by atoms with Crippen molar-refractivity contribution in [3.63, 3.8) is 0 Å². The number of likely N-dealkylation sites (tertiary alicyclic amines) is 1. The predicted octanol–water partition coefficient (Wildman–Crippen LogP) is 3.05. The number of carbonyl (C=O) groups is 2. The van der Waals surface area contributed by atoms with Crippen molar-refractivity contribution < 1.29 is 22.8 Å². The molecule has 1 aliphatic heterocycles. The van der Waals surface area contributed by atoms with Crippen molar-refractivity contribution in [2.45, 2.75) is 37.4 Å². The molecule has 132 valence electrons. The van der Waals surface area contributed by atoms with Crippen LogP contribution in [-0.2, 0) is 11.0 Å². The van der Waals surface area contributed by atoms with E-state index in [2.05, 4.69) is 5.32 Å². The number of nitrogens with one attached hydrogen (secondary N) is 1. The Hall–Kier alpha value is -1.76. The first-order valence-electron chi connectivity index (χ1n) is 7.59. The molecule has 0 bridgehead atoms. The largest absolute Gasteiger partial charge is 0.416 e. The fourth-order valence-electron chi connectivity index (χ4n) is 2.53. The minimum atomic E-state index is -4.42. The third-order valence-electron chi connectivity index (χ3n) is 3.95. The number of rotatable bonds is 3. The van der Waals surface area contributed by atoms with Gasteiger partial charge in [-0.3, -0.25) is 9.59 Å². The van der Waals surface area contributed by atoms with Crippen LogP contribution < -0.4 is 5.32 Å². The number of hydrogen-bond donors (Lipinski definition) is 1. The summed E-state index contributed by atoms with van der Waals surface area (Å²) in [7, 11) is 0. The van der Waals surface area contributed by atoms with Gasteiger partial charge in [0.25, 0.3) is 5.91 Å². The first-order chi connectivity index (χ1) is 11.2. The van der Waals surface area contributed by atoms with Gasteiger partial charge in [0.1, 0.15) is 5.38 Å². The molecule has 1 atom stereocenters. The van der Waals surface area contributed by atoms with Crippen LogP contribution in [0.4, 0.5) is 13.2 Å². The van der Waals surface area contributed by atoms with Gasteiger partial charge in [-0.2, -0.15) is 13.2 Å². The molecule has 8 heteroatoms. The van der Waals surface area contributed by atoms with E-state index >= 15 is 0 Å². The van der Waals surface area contributed by atoms with E-state index in [9.17, 15) is 22.8 Å². The monoisotopic (exact) mass is 362 g/mol. The van der Waals surface area contributed by atoms with E-state index in [0.29, 0.717) is 25.9 Å². The average molecular weight is 363 g/mol. The lowest BCUT2D eigenvalue weighted by Gasteiger charge is -2.32. The molecule has 2 amide bonds. The molecule has 0 radical (unpaired) electrons. The second-order valence-corrected chi connectivity index (χ2v) is 6.42. The zero-order valence-electron chi connectivity index (χ0n) is 13.1. The minimum Gasteiger partial charge on any atom is -0.352 e. The van der Waals surface area contributed by atoms with Gasteiger partial charge >= 0.3 is 6.18 Å². The highest BCUT2D eigenvalue weighted by molar-refractivity contribution is 6.30. The Labute approximate surface area is 143 Å². The molecule has 1 fully saturated rings. The van der Waals surface area contributed by atoms with Crippen molar-refractivity contribution in [3.8, 4) is 0 Å². The summed E-state index contributed by atoms with van der Waals surface area (Å²) in [6.45, 7) is 2.45. The summed E-state index contributed by atoms with van der Waals surface area (Å²) in [4.78, 5) is 25.5. The molecule has 0 aromatic heterocycles. The van der Waals surface area contributed by atoms with Gasteiger partial charge in [0.05, 0.1) is 5.56 Å². The Bertz CT molecular complexity index is 594. The van der Waals surface area contributed by atoms with Gasteiger partial charge < -0.3 is 10.2 Å². The van der Waals surface area contributed by atoms with Crippen molar-refractivity contribution in [3.05, 3.63) is 35.4 Å². The molecule has 1 aliphatic rings. The molecule has 0 spiro atoms. The van der Waals surface area contributed by atoms with Crippen molar-refractivity contribution >= 4 is 23.4 Å². The van der Waals surface area contributed by atoms with Gasteiger partial charge in [-0.15, -0.1) is 11.6 Å². The molecule has 4 nitrogen and oxygen atoms in total. The van der Waals surface area contributed by atoms with Crippen molar-refractivity contribution in [1.82, 2.24) is 10.2 Å². The summed E-state index contributed by atoms with van der Waals surface area (Å²) in [5.74, 6) is -0.552. The van der Waals surface area contributed by atoms with E-state index in [1.54, 1.807) is 11.8 Å². The highest BCUT2D eigenvalue weighted by Gasteiger charge is 2.31. The normalized spacial score (nSPS) is 17.5. The van der Waals surface area contributed by atoms with E-state index in [4.69, 9.17) is 11.6 Å². The Morgan fingerprint density at radius 1 is 1.21 bits per heavy atom. The molecule has 1 aromatic rings. The smallest absolute Gasteiger partial charge is 0.352 e. The molecule has 1 N–H and O–H groups in total. The second kappa shape index (κ2) is 7.42. The van der Waals surface area contributed by atoms with Gasteiger partial charge in [-0.1, -0.05) is 0 Å². The van der Waals surface area contributed by atoms with Gasteiger partial charge in [-0.05, 0) is 44.0 Å². The fraction of sp³-hybridized carbons (Fsp3) is 0.500. The summed E-state index contributed by atoms with van der Waals surface area (Å²) in [5.41, 5.74) is -0.560. The molecule has 0 aliphatic carbocycles. The van der Waals surface area contributed by atoms with Gasteiger partial charge in [-0.25, -0.2) is 0 Å². The molecular weight excluding hydrogens is 345 g/mol.